The fraction of sp³-hybridized carbons (Fsp3) is 0.545. The van der Waals surface area contributed by atoms with Crippen LogP contribution in [0.5, 0.6) is 5.88 Å². The molecule has 0 unspecified atom stereocenters. The van der Waals surface area contributed by atoms with Gasteiger partial charge >= 0.3 is 0 Å². The summed E-state index contributed by atoms with van der Waals surface area (Å²) in [6, 6.07) is 1.27. The maximum Gasteiger partial charge on any atom is 0.235 e. The number of pyridine rings is 1. The minimum atomic E-state index is -0.786. The molecule has 1 aromatic heterocycles. The molecule has 0 aliphatic heterocycles. The molecule has 0 saturated heterocycles. The SMILES string of the molecule is OCCCCCCOc1nc(F)c(Cl)cc1Cl. The van der Waals surface area contributed by atoms with Crippen molar-refractivity contribution in [3.63, 3.8) is 0 Å². The van der Waals surface area contributed by atoms with Gasteiger partial charge in [-0.05, 0) is 25.3 Å². The van der Waals surface area contributed by atoms with E-state index in [0.29, 0.717) is 6.61 Å². The van der Waals surface area contributed by atoms with E-state index in [2.05, 4.69) is 4.98 Å². The van der Waals surface area contributed by atoms with E-state index in [-0.39, 0.29) is 22.5 Å². The zero-order chi connectivity index (χ0) is 12.7. The van der Waals surface area contributed by atoms with E-state index in [4.69, 9.17) is 33.0 Å². The number of aromatic nitrogens is 1. The molecule has 1 rings (SSSR count). The Bertz CT molecular complexity index is 364. The van der Waals surface area contributed by atoms with Crippen LogP contribution in [0.3, 0.4) is 0 Å². The van der Waals surface area contributed by atoms with Crippen LogP contribution < -0.4 is 4.74 Å². The van der Waals surface area contributed by atoms with E-state index in [1.54, 1.807) is 0 Å². The van der Waals surface area contributed by atoms with Gasteiger partial charge in [-0.3, -0.25) is 0 Å². The second-order valence-corrected chi connectivity index (χ2v) is 4.35. The third kappa shape index (κ3) is 5.06. The van der Waals surface area contributed by atoms with Gasteiger partial charge in [0.2, 0.25) is 11.8 Å². The van der Waals surface area contributed by atoms with Crippen LogP contribution in [0, 0.1) is 5.95 Å². The number of rotatable bonds is 7. The lowest BCUT2D eigenvalue weighted by molar-refractivity contribution is 0.269. The van der Waals surface area contributed by atoms with Crippen LogP contribution in [-0.4, -0.2) is 23.3 Å². The third-order valence-electron chi connectivity index (χ3n) is 2.15. The van der Waals surface area contributed by atoms with Crippen molar-refractivity contribution < 1.29 is 14.2 Å². The van der Waals surface area contributed by atoms with Gasteiger partial charge in [0.25, 0.3) is 0 Å². The van der Waals surface area contributed by atoms with E-state index in [1.807, 2.05) is 0 Å². The fourth-order valence-corrected chi connectivity index (χ4v) is 1.68. The summed E-state index contributed by atoms with van der Waals surface area (Å²) >= 11 is 11.3. The molecule has 0 aliphatic carbocycles. The lowest BCUT2D eigenvalue weighted by Crippen LogP contribution is -2.01. The summed E-state index contributed by atoms with van der Waals surface area (Å²) in [4.78, 5) is 3.51. The monoisotopic (exact) mass is 281 g/mol. The Balaban J connectivity index is 2.34. The summed E-state index contributed by atoms with van der Waals surface area (Å²) in [7, 11) is 0. The van der Waals surface area contributed by atoms with Crippen LogP contribution in [0.15, 0.2) is 6.07 Å². The summed E-state index contributed by atoms with van der Waals surface area (Å²) in [5.74, 6) is -0.720. The number of nitrogens with zero attached hydrogens (tertiary/aromatic N) is 1. The summed E-state index contributed by atoms with van der Waals surface area (Å²) in [5, 5.41) is 8.66. The first-order valence-corrected chi connectivity index (χ1v) is 6.16. The maximum absolute atomic E-state index is 13.0. The zero-order valence-corrected chi connectivity index (χ0v) is 10.8. The number of aliphatic hydroxyl groups excluding tert-OH is 1. The van der Waals surface area contributed by atoms with E-state index in [1.165, 1.54) is 6.07 Å². The molecule has 0 aromatic carbocycles. The van der Waals surface area contributed by atoms with Crippen molar-refractivity contribution in [1.82, 2.24) is 4.98 Å². The third-order valence-corrected chi connectivity index (χ3v) is 2.68. The summed E-state index contributed by atoms with van der Waals surface area (Å²) in [6.45, 7) is 0.621. The molecule has 0 amide bonds. The Morgan fingerprint density at radius 1 is 1.18 bits per heavy atom. The van der Waals surface area contributed by atoms with Crippen LogP contribution in [0.4, 0.5) is 4.39 Å². The van der Waals surface area contributed by atoms with Crippen molar-refractivity contribution in [3.05, 3.63) is 22.1 Å². The van der Waals surface area contributed by atoms with Gasteiger partial charge in [0.1, 0.15) is 5.02 Å². The average molecular weight is 282 g/mol. The lowest BCUT2D eigenvalue weighted by Gasteiger charge is -2.07. The van der Waals surface area contributed by atoms with Gasteiger partial charge in [0, 0.05) is 6.61 Å². The molecule has 1 aromatic rings. The first-order valence-electron chi connectivity index (χ1n) is 5.40. The molecular formula is C11H14Cl2FNO2. The van der Waals surface area contributed by atoms with Crippen LogP contribution in [-0.2, 0) is 0 Å². The van der Waals surface area contributed by atoms with Crippen LogP contribution in [0.1, 0.15) is 25.7 Å². The standard InChI is InChI=1S/C11H14Cl2FNO2/c12-8-7-9(13)11(15-10(8)14)17-6-4-2-1-3-5-16/h7,16H,1-6H2. The Morgan fingerprint density at radius 2 is 1.88 bits per heavy atom. The highest BCUT2D eigenvalue weighted by Crippen LogP contribution is 2.26. The Kier molecular flexibility index (Phi) is 6.55. The molecule has 17 heavy (non-hydrogen) atoms. The molecule has 1 N–H and O–H groups in total. The molecule has 0 saturated carbocycles. The maximum atomic E-state index is 13.0. The lowest BCUT2D eigenvalue weighted by atomic mass is 10.2. The topological polar surface area (TPSA) is 42.4 Å². The second kappa shape index (κ2) is 7.69. The largest absolute Gasteiger partial charge is 0.477 e. The summed E-state index contributed by atoms with van der Waals surface area (Å²) in [5.41, 5.74) is 0. The Hall–Kier alpha value is -0.580. The summed E-state index contributed by atoms with van der Waals surface area (Å²) < 4.78 is 18.3. The zero-order valence-electron chi connectivity index (χ0n) is 9.26. The first kappa shape index (κ1) is 14.5. The number of aliphatic hydroxyl groups is 1. The van der Waals surface area contributed by atoms with Gasteiger partial charge in [-0.25, -0.2) is 0 Å². The van der Waals surface area contributed by atoms with Crippen molar-refractivity contribution >= 4 is 23.2 Å². The number of unbranched alkanes of at least 4 members (excludes halogenated alkanes) is 3. The molecule has 0 atom stereocenters. The van der Waals surface area contributed by atoms with Crippen LogP contribution >= 0.6 is 23.2 Å². The highest BCUT2D eigenvalue weighted by Gasteiger charge is 2.09. The smallest absolute Gasteiger partial charge is 0.235 e. The molecule has 3 nitrogen and oxygen atoms in total. The van der Waals surface area contributed by atoms with Gasteiger partial charge in [-0.15, -0.1) is 0 Å². The second-order valence-electron chi connectivity index (χ2n) is 3.53. The van der Waals surface area contributed by atoms with Crippen molar-refractivity contribution in [2.24, 2.45) is 0 Å². The molecule has 0 bridgehead atoms. The highest BCUT2D eigenvalue weighted by atomic mass is 35.5. The van der Waals surface area contributed by atoms with Gasteiger partial charge in [0.15, 0.2) is 0 Å². The molecule has 6 heteroatoms. The Labute approximate surface area is 110 Å². The minimum Gasteiger partial charge on any atom is -0.477 e. The van der Waals surface area contributed by atoms with Crippen molar-refractivity contribution in [1.29, 1.82) is 0 Å². The predicted octanol–water partition coefficient (Wildman–Crippen LogP) is 3.46. The van der Waals surface area contributed by atoms with E-state index < -0.39 is 5.95 Å². The van der Waals surface area contributed by atoms with Gasteiger partial charge in [0.05, 0.1) is 11.6 Å². The van der Waals surface area contributed by atoms with Crippen LogP contribution in [0.2, 0.25) is 10.0 Å². The molecular weight excluding hydrogens is 268 g/mol. The van der Waals surface area contributed by atoms with Crippen molar-refractivity contribution in [3.8, 4) is 5.88 Å². The van der Waals surface area contributed by atoms with Gasteiger partial charge in [-0.1, -0.05) is 29.6 Å². The van der Waals surface area contributed by atoms with Crippen molar-refractivity contribution in [2.45, 2.75) is 25.7 Å². The number of halogens is 3. The van der Waals surface area contributed by atoms with Crippen molar-refractivity contribution in [2.75, 3.05) is 13.2 Å². The molecule has 0 radical (unpaired) electrons. The van der Waals surface area contributed by atoms with E-state index >= 15 is 0 Å². The number of ether oxygens (including phenoxy) is 1. The Morgan fingerprint density at radius 3 is 2.59 bits per heavy atom. The quantitative estimate of drug-likeness (QED) is 0.615. The molecule has 0 fully saturated rings. The normalized spacial score (nSPS) is 10.6. The fourth-order valence-electron chi connectivity index (χ4n) is 1.27. The van der Waals surface area contributed by atoms with Gasteiger partial charge < -0.3 is 9.84 Å². The first-order chi connectivity index (χ1) is 8.15. The van der Waals surface area contributed by atoms with Gasteiger partial charge in [-0.2, -0.15) is 9.37 Å². The number of hydrogen-bond acceptors (Lipinski definition) is 3. The highest BCUT2D eigenvalue weighted by molar-refractivity contribution is 6.35. The van der Waals surface area contributed by atoms with E-state index in [9.17, 15) is 4.39 Å². The summed E-state index contributed by atoms with van der Waals surface area (Å²) in [6.07, 6.45) is 3.47. The van der Waals surface area contributed by atoms with Crippen LogP contribution in [0.25, 0.3) is 0 Å². The molecule has 0 aliphatic rings. The number of hydrogen-bond donors (Lipinski definition) is 1. The molecule has 96 valence electrons. The average Bonchev–Trinajstić information content (AvgIpc) is 2.30. The molecule has 0 spiro atoms. The molecule has 1 heterocycles. The predicted molar refractivity (Wildman–Crippen MR) is 65.3 cm³/mol. The van der Waals surface area contributed by atoms with E-state index in [0.717, 1.165) is 25.7 Å². The minimum absolute atomic E-state index is 0.0655.